The minimum absolute atomic E-state index is 0.0395. The molecule has 1 N–H and O–H groups in total. The molecule has 8 heteroatoms. The highest BCUT2D eigenvalue weighted by Crippen LogP contribution is 2.29. The van der Waals surface area contributed by atoms with E-state index in [2.05, 4.69) is 24.5 Å². The number of nitrogens with one attached hydrogen (secondary N) is 1. The first-order chi connectivity index (χ1) is 14.5. The van der Waals surface area contributed by atoms with E-state index in [0.717, 1.165) is 10.6 Å². The zero-order valence-electron chi connectivity index (χ0n) is 17.1. The van der Waals surface area contributed by atoms with Crippen molar-refractivity contribution in [2.24, 2.45) is 0 Å². The molecular weight excluding hydrogens is 417 g/mol. The highest BCUT2D eigenvalue weighted by atomic mass is 32.2. The largest absolute Gasteiger partial charge is 0.491 e. The fourth-order valence-electron chi connectivity index (χ4n) is 2.60. The molecule has 6 nitrogen and oxygen atoms in total. The summed E-state index contributed by atoms with van der Waals surface area (Å²) in [5, 5.41) is 2.76. The quantitative estimate of drug-likeness (QED) is 0.372. The highest BCUT2D eigenvalue weighted by molar-refractivity contribution is 7.98. The summed E-state index contributed by atoms with van der Waals surface area (Å²) in [5.74, 6) is 1.81. The molecule has 156 valence electrons. The van der Waals surface area contributed by atoms with Crippen LogP contribution in [0.25, 0.3) is 0 Å². The molecular formula is C22H24N3O3PS. The zero-order chi connectivity index (χ0) is 21.5. The SMILES string of the molecule is CSc1ccc(Oc2cc(OC(C)C)cc(C(=O)Nc3cnc(CP)cn3)c2)cc1. The van der Waals surface area contributed by atoms with E-state index in [4.69, 9.17) is 9.47 Å². The van der Waals surface area contributed by atoms with Crippen LogP contribution in [0.2, 0.25) is 0 Å². The molecule has 0 saturated carbocycles. The predicted octanol–water partition coefficient (Wildman–Crippen LogP) is 5.41. The number of aromatic nitrogens is 2. The summed E-state index contributed by atoms with van der Waals surface area (Å²) in [4.78, 5) is 22.4. The average Bonchev–Trinajstić information content (AvgIpc) is 2.74. The predicted molar refractivity (Wildman–Crippen MR) is 124 cm³/mol. The molecule has 0 aliphatic carbocycles. The van der Waals surface area contributed by atoms with Gasteiger partial charge in [0, 0.05) is 22.7 Å². The van der Waals surface area contributed by atoms with Crippen LogP contribution in [-0.2, 0) is 6.16 Å². The summed E-state index contributed by atoms with van der Waals surface area (Å²) >= 11 is 1.66. The number of anilines is 1. The molecule has 0 aliphatic heterocycles. The number of amides is 1. The van der Waals surface area contributed by atoms with Gasteiger partial charge in [-0.2, -0.15) is 0 Å². The molecule has 0 spiro atoms. The Morgan fingerprint density at radius 2 is 1.80 bits per heavy atom. The fraction of sp³-hybridized carbons (Fsp3) is 0.227. The molecule has 1 heterocycles. The maximum absolute atomic E-state index is 12.8. The van der Waals surface area contributed by atoms with Crippen molar-refractivity contribution in [3.63, 3.8) is 0 Å². The van der Waals surface area contributed by atoms with E-state index in [0.29, 0.717) is 34.8 Å². The smallest absolute Gasteiger partial charge is 0.257 e. The number of thioether (sulfide) groups is 1. The first kappa shape index (κ1) is 22.1. The maximum atomic E-state index is 12.8. The Hall–Kier alpha value is -2.63. The van der Waals surface area contributed by atoms with Gasteiger partial charge in [0.15, 0.2) is 5.82 Å². The minimum Gasteiger partial charge on any atom is -0.491 e. The van der Waals surface area contributed by atoms with Gasteiger partial charge in [0.1, 0.15) is 17.2 Å². The van der Waals surface area contributed by atoms with E-state index in [1.54, 1.807) is 36.2 Å². The summed E-state index contributed by atoms with van der Waals surface area (Å²) in [6.07, 6.45) is 5.85. The van der Waals surface area contributed by atoms with Crippen molar-refractivity contribution in [1.82, 2.24) is 9.97 Å². The summed E-state index contributed by atoms with van der Waals surface area (Å²) in [5.41, 5.74) is 1.23. The lowest BCUT2D eigenvalue weighted by atomic mass is 10.2. The summed E-state index contributed by atoms with van der Waals surface area (Å²) in [6, 6.07) is 12.9. The van der Waals surface area contributed by atoms with Crippen molar-refractivity contribution in [3.05, 3.63) is 66.1 Å². The van der Waals surface area contributed by atoms with Crippen LogP contribution in [-0.4, -0.2) is 28.2 Å². The normalized spacial score (nSPS) is 10.7. The molecule has 1 unspecified atom stereocenters. The minimum atomic E-state index is -0.320. The number of carbonyl (C=O) groups excluding carboxylic acids is 1. The fourth-order valence-corrected chi connectivity index (χ4v) is 3.21. The van der Waals surface area contributed by atoms with Crippen molar-refractivity contribution in [2.75, 3.05) is 11.6 Å². The Labute approximate surface area is 183 Å². The third-order valence-electron chi connectivity index (χ3n) is 3.97. The van der Waals surface area contributed by atoms with Crippen LogP contribution in [0, 0.1) is 0 Å². The third kappa shape index (κ3) is 6.18. The van der Waals surface area contributed by atoms with Gasteiger partial charge in [-0.3, -0.25) is 9.78 Å². The van der Waals surface area contributed by atoms with Crippen LogP contribution >= 0.6 is 21.0 Å². The van der Waals surface area contributed by atoms with E-state index in [9.17, 15) is 4.79 Å². The summed E-state index contributed by atoms with van der Waals surface area (Å²) in [7, 11) is 2.59. The molecule has 0 saturated heterocycles. The third-order valence-corrected chi connectivity index (χ3v) is 5.13. The molecule has 30 heavy (non-hydrogen) atoms. The maximum Gasteiger partial charge on any atom is 0.257 e. The average molecular weight is 441 g/mol. The number of rotatable bonds is 8. The van der Waals surface area contributed by atoms with Gasteiger partial charge in [-0.15, -0.1) is 21.0 Å². The second kappa shape index (κ2) is 10.4. The van der Waals surface area contributed by atoms with Crippen molar-refractivity contribution in [3.8, 4) is 17.2 Å². The molecule has 2 aromatic carbocycles. The molecule has 1 amide bonds. The molecule has 0 radical (unpaired) electrons. The van der Waals surface area contributed by atoms with Gasteiger partial charge in [-0.25, -0.2) is 4.98 Å². The summed E-state index contributed by atoms with van der Waals surface area (Å²) < 4.78 is 11.8. The van der Waals surface area contributed by atoms with E-state index in [1.807, 2.05) is 44.4 Å². The number of nitrogens with zero attached hydrogens (tertiary/aromatic N) is 2. The Morgan fingerprint density at radius 3 is 2.40 bits per heavy atom. The van der Waals surface area contributed by atoms with E-state index < -0.39 is 0 Å². The number of ether oxygens (including phenoxy) is 2. The Morgan fingerprint density at radius 1 is 1.07 bits per heavy atom. The Kier molecular flexibility index (Phi) is 7.66. The van der Waals surface area contributed by atoms with Crippen LogP contribution in [0.15, 0.2) is 59.8 Å². The Bertz CT molecular complexity index is 996. The Balaban J connectivity index is 1.84. The lowest BCUT2D eigenvalue weighted by Gasteiger charge is -2.14. The lowest BCUT2D eigenvalue weighted by molar-refractivity contribution is 0.102. The van der Waals surface area contributed by atoms with Crippen LogP contribution in [0.5, 0.6) is 17.2 Å². The van der Waals surface area contributed by atoms with Gasteiger partial charge in [0.2, 0.25) is 0 Å². The van der Waals surface area contributed by atoms with Gasteiger partial charge in [0.05, 0.1) is 24.2 Å². The molecule has 1 atom stereocenters. The molecule has 0 bridgehead atoms. The van der Waals surface area contributed by atoms with Crippen LogP contribution < -0.4 is 14.8 Å². The number of hydrogen-bond acceptors (Lipinski definition) is 6. The van der Waals surface area contributed by atoms with Crippen LogP contribution in [0.3, 0.4) is 0 Å². The van der Waals surface area contributed by atoms with Crippen LogP contribution in [0.1, 0.15) is 29.9 Å². The van der Waals surface area contributed by atoms with Crippen molar-refractivity contribution < 1.29 is 14.3 Å². The summed E-state index contributed by atoms with van der Waals surface area (Å²) in [6.45, 7) is 3.86. The van der Waals surface area contributed by atoms with Crippen LogP contribution in [0.4, 0.5) is 5.82 Å². The van der Waals surface area contributed by atoms with Gasteiger partial charge in [-0.05, 0) is 56.5 Å². The van der Waals surface area contributed by atoms with Crippen molar-refractivity contribution in [2.45, 2.75) is 31.0 Å². The first-order valence-corrected chi connectivity index (χ1v) is 11.5. The molecule has 3 aromatic rings. The molecule has 1 aromatic heterocycles. The van der Waals surface area contributed by atoms with Gasteiger partial charge >= 0.3 is 0 Å². The van der Waals surface area contributed by atoms with Crippen molar-refractivity contribution in [1.29, 1.82) is 0 Å². The second-order valence-electron chi connectivity index (χ2n) is 6.69. The number of carbonyl (C=O) groups is 1. The topological polar surface area (TPSA) is 73.3 Å². The first-order valence-electron chi connectivity index (χ1n) is 9.43. The molecule has 3 rings (SSSR count). The van der Waals surface area contributed by atoms with Gasteiger partial charge < -0.3 is 14.8 Å². The monoisotopic (exact) mass is 441 g/mol. The van der Waals surface area contributed by atoms with Gasteiger partial charge in [-0.1, -0.05) is 0 Å². The lowest BCUT2D eigenvalue weighted by Crippen LogP contribution is -2.14. The highest BCUT2D eigenvalue weighted by Gasteiger charge is 2.13. The van der Waals surface area contributed by atoms with E-state index >= 15 is 0 Å². The number of hydrogen-bond donors (Lipinski definition) is 1. The number of benzene rings is 2. The van der Waals surface area contributed by atoms with Gasteiger partial charge in [0.25, 0.3) is 5.91 Å². The van der Waals surface area contributed by atoms with Crippen molar-refractivity contribution >= 4 is 32.7 Å². The standard InChI is InChI=1S/C22H24N3O3PS/c1-14(2)27-18-8-15(22(26)25-21-12-23-16(13-29)11-24-21)9-19(10-18)28-17-4-6-20(30-3)7-5-17/h4-12,14H,13,29H2,1-3H3,(H,24,25,26). The van der Waals surface area contributed by atoms with E-state index in [-0.39, 0.29) is 12.0 Å². The second-order valence-corrected chi connectivity index (χ2v) is 7.98. The molecule has 0 fully saturated rings. The zero-order valence-corrected chi connectivity index (χ0v) is 19.1. The van der Waals surface area contributed by atoms with E-state index in [1.165, 1.54) is 6.20 Å². The molecule has 0 aliphatic rings.